The zero-order valence-corrected chi connectivity index (χ0v) is 21.5. The molecule has 0 spiro atoms. The van der Waals surface area contributed by atoms with Crippen molar-refractivity contribution in [2.24, 2.45) is 13.0 Å². The SMILES string of the molecule is Cc1ccnc(Br)c1Nc1nc2cc(C(=O)NC3CCC(C(F)(F)F)CC3)c(OCC(F)F)nc2n1C. The molecule has 1 fully saturated rings. The maximum Gasteiger partial charge on any atom is 0.391 e. The summed E-state index contributed by atoms with van der Waals surface area (Å²) >= 11 is 3.38. The highest BCUT2D eigenvalue weighted by molar-refractivity contribution is 9.10. The third-order valence-corrected chi connectivity index (χ3v) is 6.88. The van der Waals surface area contributed by atoms with Crippen LogP contribution < -0.4 is 15.4 Å². The summed E-state index contributed by atoms with van der Waals surface area (Å²) in [5, 5.41) is 5.85. The van der Waals surface area contributed by atoms with Crippen molar-refractivity contribution in [2.45, 2.75) is 51.3 Å². The van der Waals surface area contributed by atoms with E-state index in [1.165, 1.54) is 6.07 Å². The maximum atomic E-state index is 13.1. The van der Waals surface area contributed by atoms with E-state index in [2.05, 4.69) is 41.5 Å². The number of alkyl halides is 5. The van der Waals surface area contributed by atoms with Crippen molar-refractivity contribution in [1.29, 1.82) is 0 Å². The minimum atomic E-state index is -4.27. The number of aromatic nitrogens is 4. The number of carbonyl (C=O) groups excluding carboxylic acids is 1. The van der Waals surface area contributed by atoms with E-state index >= 15 is 0 Å². The van der Waals surface area contributed by atoms with Crippen molar-refractivity contribution in [3.63, 3.8) is 0 Å². The third-order valence-electron chi connectivity index (χ3n) is 6.28. The van der Waals surface area contributed by atoms with Crippen LogP contribution in [0, 0.1) is 12.8 Å². The van der Waals surface area contributed by atoms with E-state index in [0.717, 1.165) is 5.56 Å². The van der Waals surface area contributed by atoms with Gasteiger partial charge in [-0.15, -0.1) is 0 Å². The Morgan fingerprint density at radius 2 is 1.95 bits per heavy atom. The summed E-state index contributed by atoms with van der Waals surface area (Å²) in [6, 6.07) is 2.68. The van der Waals surface area contributed by atoms with Crippen LogP contribution in [0.25, 0.3) is 11.2 Å². The second kappa shape index (κ2) is 10.8. The summed E-state index contributed by atoms with van der Waals surface area (Å²) in [4.78, 5) is 26.0. The zero-order valence-electron chi connectivity index (χ0n) is 19.9. The topological polar surface area (TPSA) is 94.0 Å². The van der Waals surface area contributed by atoms with Gasteiger partial charge in [0, 0.05) is 19.3 Å². The summed E-state index contributed by atoms with van der Waals surface area (Å²) in [6.45, 7) is 0.886. The molecule has 14 heteroatoms. The number of nitrogens with one attached hydrogen (secondary N) is 2. The molecule has 200 valence electrons. The number of fused-ring (bicyclic) bond motifs is 1. The molecule has 0 unspecified atom stereocenters. The average molecular weight is 591 g/mol. The summed E-state index contributed by atoms with van der Waals surface area (Å²) in [6.07, 6.45) is -5.34. The van der Waals surface area contributed by atoms with Crippen LogP contribution >= 0.6 is 15.9 Å². The van der Waals surface area contributed by atoms with Gasteiger partial charge in [-0.2, -0.15) is 18.2 Å². The molecule has 0 atom stereocenters. The van der Waals surface area contributed by atoms with Gasteiger partial charge in [-0.25, -0.2) is 18.7 Å². The number of carbonyl (C=O) groups is 1. The van der Waals surface area contributed by atoms with Crippen LogP contribution in [-0.2, 0) is 7.05 Å². The molecule has 1 saturated carbocycles. The van der Waals surface area contributed by atoms with Crippen LogP contribution in [0.1, 0.15) is 41.6 Å². The first kappa shape index (κ1) is 27.0. The molecule has 3 aromatic heterocycles. The van der Waals surface area contributed by atoms with Gasteiger partial charge < -0.3 is 15.4 Å². The summed E-state index contributed by atoms with van der Waals surface area (Å²) < 4.78 is 72.0. The quantitative estimate of drug-likeness (QED) is 0.272. The number of pyridine rings is 2. The number of hydrogen-bond donors (Lipinski definition) is 2. The van der Waals surface area contributed by atoms with Gasteiger partial charge in [-0.1, -0.05) is 0 Å². The molecule has 0 radical (unpaired) electrons. The van der Waals surface area contributed by atoms with Crippen LogP contribution in [0.2, 0.25) is 0 Å². The van der Waals surface area contributed by atoms with Crippen molar-refractivity contribution in [3.05, 3.63) is 34.1 Å². The molecule has 0 bridgehead atoms. The summed E-state index contributed by atoms with van der Waals surface area (Å²) in [5.41, 5.74) is 1.96. The molecule has 3 heterocycles. The molecular formula is C23H24BrF5N6O2. The predicted molar refractivity (Wildman–Crippen MR) is 129 cm³/mol. The smallest absolute Gasteiger partial charge is 0.391 e. The average Bonchev–Trinajstić information content (AvgIpc) is 3.13. The second-order valence-corrected chi connectivity index (χ2v) is 9.61. The van der Waals surface area contributed by atoms with E-state index in [1.54, 1.807) is 23.9 Å². The van der Waals surface area contributed by atoms with Crippen LogP contribution in [0.4, 0.5) is 33.6 Å². The van der Waals surface area contributed by atoms with Gasteiger partial charge in [0.05, 0.1) is 11.6 Å². The van der Waals surface area contributed by atoms with E-state index in [4.69, 9.17) is 4.74 Å². The molecule has 8 nitrogen and oxygen atoms in total. The van der Waals surface area contributed by atoms with Crippen molar-refractivity contribution in [1.82, 2.24) is 24.8 Å². The van der Waals surface area contributed by atoms with Gasteiger partial charge in [0.25, 0.3) is 12.3 Å². The lowest BCUT2D eigenvalue weighted by molar-refractivity contribution is -0.182. The third kappa shape index (κ3) is 6.11. The Labute approximate surface area is 217 Å². The Morgan fingerprint density at radius 3 is 2.57 bits per heavy atom. The van der Waals surface area contributed by atoms with Gasteiger partial charge in [0.1, 0.15) is 15.7 Å². The molecular weight excluding hydrogens is 567 g/mol. The number of aryl methyl sites for hydroxylation is 2. The van der Waals surface area contributed by atoms with E-state index < -0.39 is 37.1 Å². The summed E-state index contributed by atoms with van der Waals surface area (Å²) in [7, 11) is 1.65. The summed E-state index contributed by atoms with van der Waals surface area (Å²) in [5.74, 6) is -2.05. The second-order valence-electron chi connectivity index (χ2n) is 8.86. The number of nitrogens with zero attached hydrogens (tertiary/aromatic N) is 4. The van der Waals surface area contributed by atoms with E-state index in [9.17, 15) is 26.7 Å². The standard InChI is InChI=1S/C23H24BrF5N6O2/c1-11-7-8-30-18(24)17(11)33-22-32-15-9-14(21(37-10-16(25)26)34-19(15)35(22)2)20(36)31-13-5-3-12(4-6-13)23(27,28)29/h7-9,12-13,16H,3-6,10H2,1-2H3,(H,31,36)(H,32,33). The van der Waals surface area contributed by atoms with Crippen molar-refractivity contribution in [2.75, 3.05) is 11.9 Å². The molecule has 0 aliphatic heterocycles. The van der Waals surface area contributed by atoms with Crippen molar-refractivity contribution >= 4 is 44.6 Å². The van der Waals surface area contributed by atoms with E-state index in [-0.39, 0.29) is 48.3 Å². The molecule has 1 amide bonds. The predicted octanol–water partition coefficient (Wildman–Crippen LogP) is 5.67. The van der Waals surface area contributed by atoms with Crippen LogP contribution in [0.15, 0.2) is 22.9 Å². The van der Waals surface area contributed by atoms with Gasteiger partial charge in [0.2, 0.25) is 11.8 Å². The molecule has 3 aromatic rings. The molecule has 0 aromatic carbocycles. The Balaban J connectivity index is 1.62. The molecule has 0 saturated heterocycles. The van der Waals surface area contributed by atoms with Crippen molar-refractivity contribution in [3.8, 4) is 5.88 Å². The first-order chi connectivity index (χ1) is 17.4. The Kier molecular flexibility index (Phi) is 7.85. The van der Waals surface area contributed by atoms with Crippen LogP contribution in [0.5, 0.6) is 5.88 Å². The van der Waals surface area contributed by atoms with Crippen LogP contribution in [0.3, 0.4) is 0 Å². The molecule has 1 aliphatic carbocycles. The monoisotopic (exact) mass is 590 g/mol. The van der Waals surface area contributed by atoms with Crippen molar-refractivity contribution < 1.29 is 31.5 Å². The number of imidazole rings is 1. The first-order valence-electron chi connectivity index (χ1n) is 11.5. The highest BCUT2D eigenvalue weighted by Gasteiger charge is 2.41. The Morgan fingerprint density at radius 1 is 1.24 bits per heavy atom. The zero-order chi connectivity index (χ0) is 26.9. The number of ether oxygens (including phenoxy) is 1. The maximum absolute atomic E-state index is 13.1. The molecule has 2 N–H and O–H groups in total. The fraction of sp³-hybridized carbons (Fsp3) is 0.478. The van der Waals surface area contributed by atoms with Gasteiger partial charge in [-0.3, -0.25) is 9.36 Å². The fourth-order valence-corrected chi connectivity index (χ4v) is 4.77. The lowest BCUT2D eigenvalue weighted by Crippen LogP contribution is -2.40. The van der Waals surface area contributed by atoms with Gasteiger partial charge in [-0.05, 0) is 66.2 Å². The largest absolute Gasteiger partial charge is 0.471 e. The highest BCUT2D eigenvalue weighted by Crippen LogP contribution is 2.38. The fourth-order valence-electron chi connectivity index (χ4n) is 4.24. The van der Waals surface area contributed by atoms with Gasteiger partial charge >= 0.3 is 6.18 Å². The number of amides is 1. The normalized spacial score (nSPS) is 18.3. The molecule has 37 heavy (non-hydrogen) atoms. The highest BCUT2D eigenvalue weighted by atomic mass is 79.9. The number of anilines is 2. The van der Waals surface area contributed by atoms with Gasteiger partial charge in [0.15, 0.2) is 12.3 Å². The molecule has 1 aliphatic rings. The number of halogens is 6. The minimum absolute atomic E-state index is 0.0982. The lowest BCUT2D eigenvalue weighted by atomic mass is 9.85. The van der Waals surface area contributed by atoms with E-state index in [1.807, 2.05) is 6.92 Å². The Hall–Kier alpha value is -3.03. The van der Waals surface area contributed by atoms with Crippen LogP contribution in [-0.4, -0.2) is 50.7 Å². The minimum Gasteiger partial charge on any atom is -0.471 e. The number of hydrogen-bond acceptors (Lipinski definition) is 6. The van der Waals surface area contributed by atoms with E-state index in [0.29, 0.717) is 16.2 Å². The first-order valence-corrected chi connectivity index (χ1v) is 12.3. The molecule has 4 rings (SSSR count). The number of rotatable bonds is 7. The lowest BCUT2D eigenvalue weighted by Gasteiger charge is -2.30. The Bertz CT molecular complexity index is 1270.